The third-order valence-electron chi connectivity index (χ3n) is 2.49. The van der Waals surface area contributed by atoms with Crippen LogP contribution < -0.4 is 10.1 Å². The van der Waals surface area contributed by atoms with Gasteiger partial charge in [-0.15, -0.1) is 0 Å². The Kier molecular flexibility index (Phi) is 4.52. The summed E-state index contributed by atoms with van der Waals surface area (Å²) in [5, 5.41) is 11.6. The molecule has 0 atom stereocenters. The highest BCUT2D eigenvalue weighted by Crippen LogP contribution is 2.27. The number of alkyl halides is 2. The van der Waals surface area contributed by atoms with E-state index in [4.69, 9.17) is 9.52 Å². The summed E-state index contributed by atoms with van der Waals surface area (Å²) < 4.78 is 46.9. The van der Waals surface area contributed by atoms with Crippen molar-refractivity contribution in [2.24, 2.45) is 0 Å². The molecule has 2 N–H and O–H groups in total. The molecule has 4 nitrogen and oxygen atoms in total. The zero-order valence-corrected chi connectivity index (χ0v) is 10.3. The van der Waals surface area contributed by atoms with Gasteiger partial charge in [0.1, 0.15) is 23.9 Å². The Morgan fingerprint density at radius 3 is 2.60 bits per heavy atom. The van der Waals surface area contributed by atoms with Crippen LogP contribution >= 0.6 is 0 Å². The van der Waals surface area contributed by atoms with Crippen molar-refractivity contribution < 1.29 is 27.4 Å². The highest BCUT2D eigenvalue weighted by molar-refractivity contribution is 5.56. The molecule has 20 heavy (non-hydrogen) atoms. The average molecular weight is 287 g/mol. The Hall–Kier alpha value is -2.15. The van der Waals surface area contributed by atoms with E-state index in [9.17, 15) is 13.2 Å². The molecule has 2 rings (SSSR count). The number of furan rings is 1. The van der Waals surface area contributed by atoms with Gasteiger partial charge in [-0.3, -0.25) is 0 Å². The van der Waals surface area contributed by atoms with E-state index in [1.54, 1.807) is 12.1 Å². The molecule has 0 aliphatic heterocycles. The van der Waals surface area contributed by atoms with E-state index in [-0.39, 0.29) is 24.6 Å². The molecule has 0 aliphatic rings. The van der Waals surface area contributed by atoms with E-state index in [0.717, 1.165) is 12.1 Å². The van der Waals surface area contributed by atoms with Gasteiger partial charge in [0.05, 0.1) is 12.2 Å². The van der Waals surface area contributed by atoms with Crippen molar-refractivity contribution in [1.29, 1.82) is 0 Å². The molecule has 0 bridgehead atoms. The fraction of sp³-hybridized carbons (Fsp3) is 0.231. The van der Waals surface area contributed by atoms with Gasteiger partial charge in [-0.2, -0.15) is 8.78 Å². The molecule has 7 heteroatoms. The van der Waals surface area contributed by atoms with Crippen molar-refractivity contribution in [2.45, 2.75) is 19.8 Å². The number of rotatable bonds is 6. The second kappa shape index (κ2) is 6.33. The lowest BCUT2D eigenvalue weighted by Gasteiger charge is -2.12. The summed E-state index contributed by atoms with van der Waals surface area (Å²) in [7, 11) is 0. The van der Waals surface area contributed by atoms with E-state index < -0.39 is 12.4 Å². The van der Waals surface area contributed by atoms with Crippen molar-refractivity contribution in [2.75, 3.05) is 5.32 Å². The molecule has 0 fully saturated rings. The van der Waals surface area contributed by atoms with Crippen molar-refractivity contribution in [1.82, 2.24) is 0 Å². The van der Waals surface area contributed by atoms with Crippen LogP contribution in [0.25, 0.3) is 0 Å². The Balaban J connectivity index is 2.08. The summed E-state index contributed by atoms with van der Waals surface area (Å²) in [6.07, 6.45) is 0. The normalized spacial score (nSPS) is 10.8. The molecule has 0 radical (unpaired) electrons. The maximum absolute atomic E-state index is 13.0. The van der Waals surface area contributed by atoms with Crippen LogP contribution in [0, 0.1) is 5.82 Å². The molecule has 1 heterocycles. The second-order valence-corrected chi connectivity index (χ2v) is 3.90. The van der Waals surface area contributed by atoms with Gasteiger partial charge in [0, 0.05) is 6.07 Å². The minimum absolute atomic E-state index is 0.186. The number of anilines is 1. The summed E-state index contributed by atoms with van der Waals surface area (Å²) in [5.41, 5.74) is 0.216. The van der Waals surface area contributed by atoms with Gasteiger partial charge < -0.3 is 19.6 Å². The fourth-order valence-electron chi connectivity index (χ4n) is 1.62. The van der Waals surface area contributed by atoms with Crippen LogP contribution in [0.3, 0.4) is 0 Å². The van der Waals surface area contributed by atoms with Crippen LogP contribution in [0.2, 0.25) is 0 Å². The minimum Gasteiger partial charge on any atom is -0.462 e. The summed E-state index contributed by atoms with van der Waals surface area (Å²) in [6.45, 7) is -3.08. The largest absolute Gasteiger partial charge is 0.462 e. The summed E-state index contributed by atoms with van der Waals surface area (Å²) in [5.74, 6) is -0.0629. The summed E-state index contributed by atoms with van der Waals surface area (Å²) in [4.78, 5) is 0. The van der Waals surface area contributed by atoms with E-state index in [1.807, 2.05) is 0 Å². The topological polar surface area (TPSA) is 54.6 Å². The van der Waals surface area contributed by atoms with Crippen molar-refractivity contribution >= 4 is 5.69 Å². The third-order valence-corrected chi connectivity index (χ3v) is 2.49. The van der Waals surface area contributed by atoms with Gasteiger partial charge in [0.25, 0.3) is 0 Å². The Morgan fingerprint density at radius 1 is 1.20 bits per heavy atom. The number of aliphatic hydroxyl groups excluding tert-OH is 1. The molecule has 0 saturated carbocycles. The Labute approximate surface area is 112 Å². The molecular formula is C13H12F3NO3. The lowest BCUT2D eigenvalue weighted by atomic mass is 10.2. The number of halogens is 3. The van der Waals surface area contributed by atoms with Crippen LogP contribution in [0.1, 0.15) is 11.5 Å². The van der Waals surface area contributed by atoms with E-state index >= 15 is 0 Å². The van der Waals surface area contributed by atoms with Crippen LogP contribution in [0.4, 0.5) is 18.9 Å². The fourth-order valence-corrected chi connectivity index (χ4v) is 1.62. The Bertz CT molecular complexity index is 572. The minimum atomic E-state index is -3.04. The third kappa shape index (κ3) is 3.67. The number of hydrogen-bond donors (Lipinski definition) is 2. The van der Waals surface area contributed by atoms with E-state index in [1.165, 1.54) is 6.07 Å². The predicted octanol–water partition coefficient (Wildman–Crippen LogP) is 3.12. The van der Waals surface area contributed by atoms with Gasteiger partial charge in [0.2, 0.25) is 0 Å². The highest BCUT2D eigenvalue weighted by atomic mass is 19.3. The van der Waals surface area contributed by atoms with Crippen LogP contribution in [-0.4, -0.2) is 11.7 Å². The maximum atomic E-state index is 13.0. The first-order valence-electron chi connectivity index (χ1n) is 5.75. The summed E-state index contributed by atoms with van der Waals surface area (Å²) >= 11 is 0. The summed E-state index contributed by atoms with van der Waals surface area (Å²) in [6, 6.07) is 6.52. The molecule has 0 spiro atoms. The number of aliphatic hydroxyl groups is 1. The molecule has 1 aromatic carbocycles. The van der Waals surface area contributed by atoms with Gasteiger partial charge in [-0.25, -0.2) is 4.39 Å². The first-order valence-corrected chi connectivity index (χ1v) is 5.75. The molecule has 2 aromatic rings. The zero-order valence-electron chi connectivity index (χ0n) is 10.3. The quantitative estimate of drug-likeness (QED) is 0.857. The number of hydrogen-bond acceptors (Lipinski definition) is 4. The van der Waals surface area contributed by atoms with Crippen molar-refractivity contribution in [3.8, 4) is 5.75 Å². The van der Waals surface area contributed by atoms with Crippen molar-refractivity contribution in [3.05, 3.63) is 47.7 Å². The van der Waals surface area contributed by atoms with Crippen LogP contribution in [0.15, 0.2) is 34.7 Å². The number of nitrogens with one attached hydrogen (secondary N) is 1. The van der Waals surface area contributed by atoms with Gasteiger partial charge in [-0.05, 0) is 24.3 Å². The average Bonchev–Trinajstić information content (AvgIpc) is 2.85. The highest BCUT2D eigenvalue weighted by Gasteiger charge is 2.11. The molecule has 0 unspecified atom stereocenters. The first-order chi connectivity index (χ1) is 9.58. The van der Waals surface area contributed by atoms with E-state index in [2.05, 4.69) is 10.1 Å². The Morgan fingerprint density at radius 2 is 1.95 bits per heavy atom. The van der Waals surface area contributed by atoms with Gasteiger partial charge >= 0.3 is 6.61 Å². The molecule has 108 valence electrons. The smallest absolute Gasteiger partial charge is 0.387 e. The molecule has 0 aliphatic carbocycles. The van der Waals surface area contributed by atoms with Crippen molar-refractivity contribution in [3.63, 3.8) is 0 Å². The molecule has 1 aromatic heterocycles. The SMILES string of the molecule is OCc1ccc(CNc2ccc(F)cc2OC(F)F)o1. The lowest BCUT2D eigenvalue weighted by molar-refractivity contribution is -0.0495. The van der Waals surface area contributed by atoms with E-state index in [0.29, 0.717) is 11.5 Å². The molecule has 0 saturated heterocycles. The van der Waals surface area contributed by atoms with Gasteiger partial charge in [0.15, 0.2) is 5.75 Å². The van der Waals surface area contributed by atoms with Crippen LogP contribution in [0.5, 0.6) is 5.75 Å². The maximum Gasteiger partial charge on any atom is 0.387 e. The number of benzene rings is 1. The zero-order chi connectivity index (χ0) is 14.5. The monoisotopic (exact) mass is 287 g/mol. The molecular weight excluding hydrogens is 275 g/mol. The number of ether oxygens (including phenoxy) is 1. The first kappa shape index (κ1) is 14.3. The van der Waals surface area contributed by atoms with Gasteiger partial charge in [-0.1, -0.05) is 0 Å². The second-order valence-electron chi connectivity index (χ2n) is 3.90. The van der Waals surface area contributed by atoms with Crippen LogP contribution in [-0.2, 0) is 13.2 Å². The predicted molar refractivity (Wildman–Crippen MR) is 65.0 cm³/mol. The molecule has 0 amide bonds. The standard InChI is InChI=1S/C13H12F3NO3/c14-8-1-4-11(12(5-8)20-13(15)16)17-6-9-2-3-10(7-18)19-9/h1-5,13,17-18H,6-7H2. The lowest BCUT2D eigenvalue weighted by Crippen LogP contribution is -2.06.